The molecular formula is C12H13ClN2O. The van der Waals surface area contributed by atoms with E-state index in [0.29, 0.717) is 17.1 Å². The summed E-state index contributed by atoms with van der Waals surface area (Å²) in [7, 11) is 0. The van der Waals surface area contributed by atoms with Crippen LogP contribution in [0.1, 0.15) is 17.5 Å². The average molecular weight is 237 g/mol. The molecule has 3 atom stereocenters. The van der Waals surface area contributed by atoms with Crippen molar-refractivity contribution in [1.29, 1.82) is 0 Å². The number of rotatable bonds is 2. The topological polar surface area (TPSA) is 42.0 Å². The number of fused-ring (bicyclic) bond motifs is 1. The summed E-state index contributed by atoms with van der Waals surface area (Å²) in [5.74, 6) is 0.907. The van der Waals surface area contributed by atoms with Crippen molar-refractivity contribution in [2.24, 2.45) is 11.8 Å². The Kier molecular flexibility index (Phi) is 2.18. The van der Waals surface area contributed by atoms with Crippen LogP contribution in [-0.2, 0) is 11.2 Å². The molecule has 3 nitrogen and oxygen atoms in total. The maximum absolute atomic E-state index is 11.6. The third-order valence-corrected chi connectivity index (χ3v) is 3.94. The Hall–Kier alpha value is -1.09. The molecule has 1 aliphatic heterocycles. The molecule has 0 bridgehead atoms. The lowest BCUT2D eigenvalue weighted by Gasteiger charge is -2.10. The van der Waals surface area contributed by atoms with E-state index in [1.807, 2.05) is 13.0 Å². The molecule has 16 heavy (non-hydrogen) atoms. The SMILES string of the molecule is Cc1cc(C[C@H]2C(=O)N[C@H]3C[C@H]32)cnc1Cl. The van der Waals surface area contributed by atoms with Gasteiger partial charge in [0.05, 0.1) is 0 Å². The first kappa shape index (κ1) is 10.1. The highest BCUT2D eigenvalue weighted by Gasteiger charge is 2.52. The van der Waals surface area contributed by atoms with Crippen LogP contribution >= 0.6 is 11.6 Å². The number of nitrogens with one attached hydrogen (secondary N) is 1. The average Bonchev–Trinajstić information content (AvgIpc) is 2.92. The minimum atomic E-state index is 0.146. The zero-order valence-corrected chi connectivity index (χ0v) is 9.79. The maximum atomic E-state index is 11.6. The van der Waals surface area contributed by atoms with E-state index in [2.05, 4.69) is 10.3 Å². The molecule has 0 spiro atoms. The molecule has 1 aromatic heterocycles. The van der Waals surface area contributed by atoms with Crippen molar-refractivity contribution in [2.45, 2.75) is 25.8 Å². The molecule has 3 rings (SSSR count). The summed E-state index contributed by atoms with van der Waals surface area (Å²) in [4.78, 5) is 15.7. The van der Waals surface area contributed by atoms with E-state index in [4.69, 9.17) is 11.6 Å². The Balaban J connectivity index is 1.78. The molecule has 0 aromatic carbocycles. The maximum Gasteiger partial charge on any atom is 0.224 e. The molecular weight excluding hydrogens is 224 g/mol. The highest BCUT2D eigenvalue weighted by molar-refractivity contribution is 6.30. The molecule has 2 fully saturated rings. The van der Waals surface area contributed by atoms with Crippen LogP contribution in [-0.4, -0.2) is 16.9 Å². The third-order valence-electron chi connectivity index (χ3n) is 3.55. The second-order valence-corrected chi connectivity index (χ2v) is 5.13. The number of aryl methyl sites for hydroxylation is 1. The number of hydrogen-bond donors (Lipinski definition) is 1. The van der Waals surface area contributed by atoms with Crippen molar-refractivity contribution in [3.8, 4) is 0 Å². The van der Waals surface area contributed by atoms with Crippen LogP contribution in [0.25, 0.3) is 0 Å². The molecule has 84 valence electrons. The molecule has 1 saturated heterocycles. The molecule has 1 amide bonds. The van der Waals surface area contributed by atoms with E-state index in [-0.39, 0.29) is 11.8 Å². The van der Waals surface area contributed by atoms with Crippen molar-refractivity contribution >= 4 is 17.5 Å². The summed E-state index contributed by atoms with van der Waals surface area (Å²) in [5.41, 5.74) is 2.08. The molecule has 0 radical (unpaired) electrons. The normalized spacial score (nSPS) is 31.1. The number of piperidine rings is 1. The Bertz CT molecular complexity index is 460. The lowest BCUT2D eigenvalue weighted by molar-refractivity contribution is -0.123. The summed E-state index contributed by atoms with van der Waals surface area (Å²) < 4.78 is 0. The van der Waals surface area contributed by atoms with Crippen molar-refractivity contribution in [2.75, 3.05) is 0 Å². The van der Waals surface area contributed by atoms with Crippen LogP contribution in [0.15, 0.2) is 12.3 Å². The Morgan fingerprint density at radius 1 is 1.62 bits per heavy atom. The van der Waals surface area contributed by atoms with Crippen LogP contribution in [0.5, 0.6) is 0 Å². The molecule has 4 heteroatoms. The van der Waals surface area contributed by atoms with Crippen molar-refractivity contribution in [1.82, 2.24) is 10.3 Å². The smallest absolute Gasteiger partial charge is 0.224 e. The van der Waals surface area contributed by atoms with Gasteiger partial charge in [-0.1, -0.05) is 17.7 Å². The van der Waals surface area contributed by atoms with Crippen LogP contribution < -0.4 is 5.32 Å². The van der Waals surface area contributed by atoms with Gasteiger partial charge in [0.2, 0.25) is 5.91 Å². The molecule has 0 unspecified atom stereocenters. The molecule has 1 aliphatic carbocycles. The van der Waals surface area contributed by atoms with Crippen molar-refractivity contribution in [3.63, 3.8) is 0 Å². The Labute approximate surface area is 99.2 Å². The van der Waals surface area contributed by atoms with Gasteiger partial charge in [-0.15, -0.1) is 0 Å². The summed E-state index contributed by atoms with van der Waals surface area (Å²) in [6.45, 7) is 1.94. The van der Waals surface area contributed by atoms with E-state index >= 15 is 0 Å². The predicted molar refractivity (Wildman–Crippen MR) is 61.2 cm³/mol. The fourth-order valence-corrected chi connectivity index (χ4v) is 2.64. The monoisotopic (exact) mass is 236 g/mol. The number of hydrogen-bond acceptors (Lipinski definition) is 2. The quantitative estimate of drug-likeness (QED) is 0.795. The van der Waals surface area contributed by atoms with Gasteiger partial charge < -0.3 is 5.32 Å². The minimum Gasteiger partial charge on any atom is -0.353 e. The molecule has 1 N–H and O–H groups in total. The predicted octanol–water partition coefficient (Wildman–Crippen LogP) is 1.72. The second-order valence-electron chi connectivity index (χ2n) is 4.78. The largest absolute Gasteiger partial charge is 0.353 e. The van der Waals surface area contributed by atoms with Gasteiger partial charge in [-0.25, -0.2) is 4.98 Å². The molecule has 1 saturated carbocycles. The van der Waals surface area contributed by atoms with Gasteiger partial charge in [0.25, 0.3) is 0 Å². The number of halogens is 1. The number of amides is 1. The summed E-state index contributed by atoms with van der Waals surface area (Å²) >= 11 is 5.87. The first-order valence-electron chi connectivity index (χ1n) is 5.56. The zero-order valence-electron chi connectivity index (χ0n) is 9.03. The van der Waals surface area contributed by atoms with E-state index in [1.165, 1.54) is 0 Å². The second kappa shape index (κ2) is 3.45. The van der Waals surface area contributed by atoms with E-state index in [1.54, 1.807) is 6.20 Å². The third kappa shape index (κ3) is 1.59. The number of carbonyl (C=O) groups excluding carboxylic acids is 1. The van der Waals surface area contributed by atoms with E-state index < -0.39 is 0 Å². The zero-order chi connectivity index (χ0) is 11.3. The van der Waals surface area contributed by atoms with Gasteiger partial charge in [-0.2, -0.15) is 0 Å². The Morgan fingerprint density at radius 3 is 3.06 bits per heavy atom. The molecule has 2 heterocycles. The lowest BCUT2D eigenvalue weighted by atomic mass is 9.96. The Morgan fingerprint density at radius 2 is 2.44 bits per heavy atom. The first-order valence-corrected chi connectivity index (χ1v) is 5.94. The van der Waals surface area contributed by atoms with Crippen molar-refractivity contribution < 1.29 is 4.79 Å². The van der Waals surface area contributed by atoms with Crippen LogP contribution in [0, 0.1) is 18.8 Å². The number of aromatic nitrogens is 1. The molecule has 1 aromatic rings. The summed E-state index contributed by atoms with van der Waals surface area (Å²) in [6, 6.07) is 2.48. The fourth-order valence-electron chi connectivity index (χ4n) is 2.54. The van der Waals surface area contributed by atoms with Gasteiger partial charge in [0.15, 0.2) is 0 Å². The lowest BCUT2D eigenvalue weighted by Crippen LogP contribution is -2.26. The van der Waals surface area contributed by atoms with E-state index in [9.17, 15) is 4.79 Å². The van der Waals surface area contributed by atoms with Gasteiger partial charge in [0, 0.05) is 18.2 Å². The number of nitrogens with zero attached hydrogens (tertiary/aromatic N) is 1. The highest BCUT2D eigenvalue weighted by atomic mass is 35.5. The first-order chi connectivity index (χ1) is 7.65. The van der Waals surface area contributed by atoms with Gasteiger partial charge in [0.1, 0.15) is 5.15 Å². The van der Waals surface area contributed by atoms with E-state index in [0.717, 1.165) is 24.0 Å². The minimum absolute atomic E-state index is 0.146. The van der Waals surface area contributed by atoms with Gasteiger partial charge in [-0.05, 0) is 36.8 Å². The highest BCUT2D eigenvalue weighted by Crippen LogP contribution is 2.44. The fraction of sp³-hybridized carbons (Fsp3) is 0.500. The summed E-state index contributed by atoms with van der Waals surface area (Å²) in [5, 5.41) is 3.55. The van der Waals surface area contributed by atoms with Crippen LogP contribution in [0.4, 0.5) is 0 Å². The van der Waals surface area contributed by atoms with Crippen LogP contribution in [0.3, 0.4) is 0 Å². The summed E-state index contributed by atoms with van der Waals surface area (Å²) in [6.07, 6.45) is 3.72. The molecule has 2 aliphatic rings. The standard InChI is InChI=1S/C12H13ClN2O/c1-6-2-7(5-14-11(6)13)3-9-8-4-10(8)15-12(9)16/h2,5,8-10H,3-4H2,1H3,(H,15,16)/t8-,9+,10-/m0/s1. The number of pyridine rings is 1. The van der Waals surface area contributed by atoms with Crippen molar-refractivity contribution in [3.05, 3.63) is 28.5 Å². The van der Waals surface area contributed by atoms with Gasteiger partial charge in [-0.3, -0.25) is 4.79 Å². The van der Waals surface area contributed by atoms with Crippen LogP contribution in [0.2, 0.25) is 5.15 Å². The van der Waals surface area contributed by atoms with Gasteiger partial charge >= 0.3 is 0 Å². The number of carbonyl (C=O) groups is 1.